The molecule has 6 nitrogen and oxygen atoms in total. The van der Waals surface area contributed by atoms with Crippen molar-refractivity contribution in [2.45, 2.75) is 20.4 Å². The van der Waals surface area contributed by atoms with E-state index >= 15 is 0 Å². The Morgan fingerprint density at radius 3 is 2.73 bits per heavy atom. The minimum atomic E-state index is -0.264. The van der Waals surface area contributed by atoms with Crippen LogP contribution in [0.4, 0.5) is 5.69 Å². The number of hydrogen-bond acceptors (Lipinski definition) is 5. The molecule has 0 saturated carbocycles. The van der Waals surface area contributed by atoms with E-state index in [0.29, 0.717) is 21.7 Å². The zero-order valence-corrected chi connectivity index (χ0v) is 15.1. The van der Waals surface area contributed by atoms with Crippen LogP contribution in [-0.4, -0.2) is 20.4 Å². The Balaban J connectivity index is 1.70. The van der Waals surface area contributed by atoms with Gasteiger partial charge < -0.3 is 5.32 Å². The van der Waals surface area contributed by atoms with Gasteiger partial charge in [-0.1, -0.05) is 17.7 Å². The number of nitrogens with zero attached hydrogens (tertiary/aromatic N) is 3. The molecule has 3 heterocycles. The van der Waals surface area contributed by atoms with Crippen molar-refractivity contribution >= 4 is 43.4 Å². The summed E-state index contributed by atoms with van der Waals surface area (Å²) in [5.41, 5.74) is 2.25. The maximum Gasteiger partial charge on any atom is 0.272 e. The van der Waals surface area contributed by atoms with E-state index in [9.17, 15) is 9.59 Å². The van der Waals surface area contributed by atoms with Crippen molar-refractivity contribution in [2.24, 2.45) is 0 Å². The molecule has 130 valence electrons. The highest BCUT2D eigenvalue weighted by atomic mass is 32.1. The van der Waals surface area contributed by atoms with E-state index in [1.807, 2.05) is 43.3 Å². The standard InChI is InChI=1S/C19H16N4O2S/c1-11-5-7-13(8-6-11)22-15(24)10-23-12(2)21-16-14-4-3-9-20-18(14)26-17(16)19(23)25/h3-9H,10H2,1-2H3,(H,22,24). The second kappa shape index (κ2) is 6.34. The Hall–Kier alpha value is -3.06. The molecule has 1 aromatic carbocycles. The number of thiophene rings is 1. The van der Waals surface area contributed by atoms with Crippen molar-refractivity contribution in [1.29, 1.82) is 0 Å². The van der Waals surface area contributed by atoms with Gasteiger partial charge in [0.2, 0.25) is 5.91 Å². The first kappa shape index (κ1) is 16.4. The molecule has 0 fully saturated rings. The van der Waals surface area contributed by atoms with Crippen LogP contribution in [0.2, 0.25) is 0 Å². The summed E-state index contributed by atoms with van der Waals surface area (Å²) in [5, 5.41) is 3.68. The lowest BCUT2D eigenvalue weighted by molar-refractivity contribution is -0.116. The fourth-order valence-electron chi connectivity index (χ4n) is 2.83. The van der Waals surface area contributed by atoms with Crippen LogP contribution in [0.15, 0.2) is 47.4 Å². The summed E-state index contributed by atoms with van der Waals surface area (Å²) >= 11 is 1.31. The molecule has 0 bridgehead atoms. The van der Waals surface area contributed by atoms with Crippen molar-refractivity contribution in [3.05, 3.63) is 64.3 Å². The summed E-state index contributed by atoms with van der Waals surface area (Å²) in [6, 6.07) is 11.2. The van der Waals surface area contributed by atoms with Crippen LogP contribution in [0.5, 0.6) is 0 Å². The van der Waals surface area contributed by atoms with Crippen LogP contribution in [0.1, 0.15) is 11.4 Å². The minimum absolute atomic E-state index is 0.0802. The van der Waals surface area contributed by atoms with Gasteiger partial charge in [0.1, 0.15) is 21.9 Å². The molecule has 3 aromatic heterocycles. The van der Waals surface area contributed by atoms with Crippen molar-refractivity contribution in [3.8, 4) is 0 Å². The Morgan fingerprint density at radius 2 is 1.96 bits per heavy atom. The zero-order valence-electron chi connectivity index (χ0n) is 14.3. The average molecular weight is 364 g/mol. The molecule has 0 radical (unpaired) electrons. The van der Waals surface area contributed by atoms with Crippen LogP contribution in [0, 0.1) is 13.8 Å². The summed E-state index contributed by atoms with van der Waals surface area (Å²) in [7, 11) is 0. The van der Waals surface area contributed by atoms with Crippen molar-refractivity contribution in [1.82, 2.24) is 14.5 Å². The molecule has 4 aromatic rings. The Morgan fingerprint density at radius 1 is 1.19 bits per heavy atom. The van der Waals surface area contributed by atoms with E-state index in [4.69, 9.17) is 0 Å². The molecule has 0 unspecified atom stereocenters. The molecule has 0 spiro atoms. The summed E-state index contributed by atoms with van der Waals surface area (Å²) < 4.78 is 1.92. The highest BCUT2D eigenvalue weighted by molar-refractivity contribution is 7.25. The molecule has 0 atom stereocenters. The lowest BCUT2D eigenvalue weighted by Crippen LogP contribution is -2.29. The van der Waals surface area contributed by atoms with E-state index < -0.39 is 0 Å². The zero-order chi connectivity index (χ0) is 18.3. The van der Waals surface area contributed by atoms with Gasteiger partial charge >= 0.3 is 0 Å². The second-order valence-electron chi connectivity index (χ2n) is 6.10. The quantitative estimate of drug-likeness (QED) is 0.605. The van der Waals surface area contributed by atoms with Crippen LogP contribution in [0.25, 0.3) is 20.4 Å². The number of aryl methyl sites for hydroxylation is 2. The van der Waals surface area contributed by atoms with Crippen molar-refractivity contribution in [3.63, 3.8) is 0 Å². The van der Waals surface area contributed by atoms with Gasteiger partial charge in [-0.15, -0.1) is 11.3 Å². The molecule has 26 heavy (non-hydrogen) atoms. The molecule has 7 heteroatoms. The number of carbonyl (C=O) groups excluding carboxylic acids is 1. The summed E-state index contributed by atoms with van der Waals surface area (Å²) in [6.45, 7) is 3.64. The first-order valence-corrected chi connectivity index (χ1v) is 8.96. The maximum absolute atomic E-state index is 12.9. The smallest absolute Gasteiger partial charge is 0.272 e. The minimum Gasteiger partial charge on any atom is -0.325 e. The first-order valence-electron chi connectivity index (χ1n) is 8.14. The predicted molar refractivity (Wildman–Crippen MR) is 104 cm³/mol. The number of carbonyl (C=O) groups is 1. The number of nitrogens with one attached hydrogen (secondary N) is 1. The van der Waals surface area contributed by atoms with Gasteiger partial charge in [0.05, 0.1) is 5.52 Å². The molecular formula is C19H16N4O2S. The lowest BCUT2D eigenvalue weighted by Gasteiger charge is -2.10. The summed E-state index contributed by atoms with van der Waals surface area (Å²) in [4.78, 5) is 34.9. The normalized spacial score (nSPS) is 11.2. The molecule has 4 rings (SSSR count). The number of amides is 1. The fourth-order valence-corrected chi connectivity index (χ4v) is 3.87. The topological polar surface area (TPSA) is 76.9 Å². The Labute approximate surface area is 153 Å². The van der Waals surface area contributed by atoms with Gasteiger partial charge in [0.25, 0.3) is 5.56 Å². The van der Waals surface area contributed by atoms with Gasteiger partial charge in [-0.3, -0.25) is 14.2 Å². The number of pyridine rings is 1. The highest BCUT2D eigenvalue weighted by Gasteiger charge is 2.16. The molecule has 0 aliphatic heterocycles. The molecular weight excluding hydrogens is 348 g/mol. The van der Waals surface area contributed by atoms with E-state index in [0.717, 1.165) is 15.8 Å². The van der Waals surface area contributed by atoms with Crippen molar-refractivity contribution in [2.75, 3.05) is 5.32 Å². The lowest BCUT2D eigenvalue weighted by atomic mass is 10.2. The third-order valence-corrected chi connectivity index (χ3v) is 5.27. The Kier molecular flexibility index (Phi) is 4.00. The van der Waals surface area contributed by atoms with Gasteiger partial charge in [0.15, 0.2) is 0 Å². The SMILES string of the molecule is Cc1ccc(NC(=O)Cn2c(C)nc3c(sc4ncccc43)c2=O)cc1. The maximum atomic E-state index is 12.9. The number of fused-ring (bicyclic) bond motifs is 3. The number of aromatic nitrogens is 3. The first-order chi connectivity index (χ1) is 12.5. The van der Waals surface area contributed by atoms with Crippen LogP contribution >= 0.6 is 11.3 Å². The average Bonchev–Trinajstić information content (AvgIpc) is 2.99. The van der Waals surface area contributed by atoms with Gasteiger partial charge in [-0.05, 0) is 38.1 Å². The van der Waals surface area contributed by atoms with Crippen LogP contribution in [0.3, 0.4) is 0 Å². The predicted octanol–water partition coefficient (Wildman–Crippen LogP) is 3.26. The van der Waals surface area contributed by atoms with Gasteiger partial charge in [-0.2, -0.15) is 0 Å². The number of anilines is 1. The third-order valence-electron chi connectivity index (χ3n) is 4.18. The Bertz CT molecular complexity index is 1190. The van der Waals surface area contributed by atoms with E-state index in [-0.39, 0.29) is 18.0 Å². The van der Waals surface area contributed by atoms with Crippen LogP contribution < -0.4 is 10.9 Å². The monoisotopic (exact) mass is 364 g/mol. The summed E-state index contributed by atoms with van der Waals surface area (Å²) in [6.07, 6.45) is 1.69. The highest BCUT2D eigenvalue weighted by Crippen LogP contribution is 2.28. The molecule has 0 aliphatic carbocycles. The number of hydrogen-bond donors (Lipinski definition) is 1. The van der Waals surface area contributed by atoms with E-state index in [1.54, 1.807) is 13.1 Å². The van der Waals surface area contributed by atoms with Crippen LogP contribution in [-0.2, 0) is 11.3 Å². The largest absolute Gasteiger partial charge is 0.325 e. The van der Waals surface area contributed by atoms with E-state index in [1.165, 1.54) is 15.9 Å². The second-order valence-corrected chi connectivity index (χ2v) is 7.10. The molecule has 0 saturated heterocycles. The summed E-state index contributed by atoms with van der Waals surface area (Å²) in [5.74, 6) is 0.240. The van der Waals surface area contributed by atoms with E-state index in [2.05, 4.69) is 15.3 Å². The van der Waals surface area contributed by atoms with Gasteiger partial charge in [0, 0.05) is 17.3 Å². The van der Waals surface area contributed by atoms with Gasteiger partial charge in [-0.25, -0.2) is 9.97 Å². The number of rotatable bonds is 3. The fraction of sp³-hybridized carbons (Fsp3) is 0.158. The number of benzene rings is 1. The molecule has 1 N–H and O–H groups in total. The molecule has 0 aliphatic rings. The molecule has 1 amide bonds. The third kappa shape index (κ3) is 2.86. The van der Waals surface area contributed by atoms with Crippen molar-refractivity contribution < 1.29 is 4.79 Å².